The molecule has 7 nitrogen and oxygen atoms in total. The Kier molecular flexibility index (Phi) is 12.9. The Labute approximate surface area is 162 Å². The highest BCUT2D eigenvalue weighted by molar-refractivity contribution is 5.86. The zero-order chi connectivity index (χ0) is 20.8. The van der Waals surface area contributed by atoms with Crippen molar-refractivity contribution in [2.75, 3.05) is 52.8 Å². The van der Waals surface area contributed by atoms with Gasteiger partial charge < -0.3 is 29.7 Å². The average Bonchev–Trinajstić information content (AvgIpc) is 2.67. The van der Waals surface area contributed by atoms with Crippen molar-refractivity contribution in [3.05, 3.63) is 37.5 Å². The Morgan fingerprint density at radius 1 is 1.07 bits per heavy atom. The highest BCUT2D eigenvalue weighted by Gasteiger charge is 2.37. The van der Waals surface area contributed by atoms with Gasteiger partial charge in [0.1, 0.15) is 6.61 Å². The third-order valence-electron chi connectivity index (χ3n) is 4.27. The van der Waals surface area contributed by atoms with E-state index >= 15 is 0 Å². The van der Waals surface area contributed by atoms with Crippen LogP contribution in [0, 0.1) is 5.41 Å². The first-order chi connectivity index (χ1) is 12.8. The average molecular weight is 386 g/mol. The first-order valence-corrected chi connectivity index (χ1v) is 9.01. The van der Waals surface area contributed by atoms with E-state index in [0.29, 0.717) is 31.8 Å². The van der Waals surface area contributed by atoms with Crippen LogP contribution in [-0.4, -0.2) is 74.5 Å². The van der Waals surface area contributed by atoms with Gasteiger partial charge in [-0.05, 0) is 13.3 Å². The molecule has 0 aromatic heterocycles. The predicted molar refractivity (Wildman–Crippen MR) is 105 cm³/mol. The number of hydrogen-bond donors (Lipinski definition) is 3. The summed E-state index contributed by atoms with van der Waals surface area (Å²) in [6, 6.07) is 0. The van der Waals surface area contributed by atoms with E-state index in [1.54, 1.807) is 19.1 Å². The molecule has 0 amide bonds. The van der Waals surface area contributed by atoms with E-state index in [1.807, 2.05) is 6.92 Å². The van der Waals surface area contributed by atoms with E-state index in [0.717, 1.165) is 0 Å². The molecule has 7 heteroatoms. The van der Waals surface area contributed by atoms with Crippen LogP contribution in [0.15, 0.2) is 37.5 Å². The quantitative estimate of drug-likeness (QED) is 0.150. The zero-order valence-electron chi connectivity index (χ0n) is 16.7. The van der Waals surface area contributed by atoms with Crippen molar-refractivity contribution in [3.8, 4) is 0 Å². The lowest BCUT2D eigenvalue weighted by molar-refractivity contribution is -0.146. The molecule has 0 atom stereocenters. The number of hydrogen-bond acceptors (Lipinski definition) is 7. The van der Waals surface area contributed by atoms with E-state index in [4.69, 9.17) is 14.2 Å². The van der Waals surface area contributed by atoms with Gasteiger partial charge in [0.05, 0.1) is 50.6 Å². The minimum atomic E-state index is -0.847. The van der Waals surface area contributed by atoms with Crippen LogP contribution in [0.25, 0.3) is 0 Å². The summed E-state index contributed by atoms with van der Waals surface area (Å²) < 4.78 is 16.7. The first-order valence-electron chi connectivity index (χ1n) is 9.01. The number of rotatable bonds is 17. The van der Waals surface area contributed by atoms with Crippen molar-refractivity contribution < 1.29 is 29.2 Å². The first kappa shape index (κ1) is 25.5. The molecule has 0 saturated heterocycles. The van der Waals surface area contributed by atoms with E-state index < -0.39 is 16.9 Å². The van der Waals surface area contributed by atoms with E-state index in [2.05, 4.69) is 25.1 Å². The fraction of sp³-hybridized carbons (Fsp3) is 0.650. The third kappa shape index (κ3) is 9.30. The monoisotopic (exact) mass is 385 g/mol. The minimum Gasteiger partial charge on any atom is -0.462 e. The fourth-order valence-corrected chi connectivity index (χ4v) is 2.22. The summed E-state index contributed by atoms with van der Waals surface area (Å²) in [6.07, 6.45) is 3.77. The second-order valence-corrected chi connectivity index (χ2v) is 6.77. The fourth-order valence-electron chi connectivity index (χ4n) is 2.22. The van der Waals surface area contributed by atoms with Crippen LogP contribution in [0.2, 0.25) is 0 Å². The predicted octanol–water partition coefficient (Wildman–Crippen LogP) is 1.22. The molecule has 0 radical (unpaired) electrons. The Bertz CT molecular complexity index is 451. The molecule has 0 fully saturated rings. The molecule has 0 heterocycles. The van der Waals surface area contributed by atoms with Crippen LogP contribution in [0.3, 0.4) is 0 Å². The lowest BCUT2D eigenvalue weighted by Gasteiger charge is -2.38. The molecule has 0 rings (SSSR count). The van der Waals surface area contributed by atoms with Gasteiger partial charge in [0, 0.05) is 12.1 Å². The molecule has 0 aromatic rings. The maximum absolute atomic E-state index is 11.9. The van der Waals surface area contributed by atoms with Crippen LogP contribution in [-0.2, 0) is 19.0 Å². The van der Waals surface area contributed by atoms with Gasteiger partial charge in [0.15, 0.2) is 0 Å². The van der Waals surface area contributed by atoms with Crippen molar-refractivity contribution in [2.24, 2.45) is 5.41 Å². The van der Waals surface area contributed by atoms with Crippen molar-refractivity contribution in [1.82, 2.24) is 5.32 Å². The molecule has 0 aromatic carbocycles. The van der Waals surface area contributed by atoms with Crippen LogP contribution >= 0.6 is 0 Å². The van der Waals surface area contributed by atoms with Crippen LogP contribution in [0.1, 0.15) is 20.3 Å². The number of esters is 1. The van der Waals surface area contributed by atoms with Gasteiger partial charge in [-0.1, -0.05) is 25.7 Å². The molecule has 0 bridgehead atoms. The van der Waals surface area contributed by atoms with Gasteiger partial charge in [0.25, 0.3) is 0 Å². The third-order valence-corrected chi connectivity index (χ3v) is 4.27. The van der Waals surface area contributed by atoms with Gasteiger partial charge in [-0.2, -0.15) is 0 Å². The molecule has 3 N–H and O–H groups in total. The van der Waals surface area contributed by atoms with Gasteiger partial charge in [-0.25, -0.2) is 4.79 Å². The second kappa shape index (κ2) is 13.6. The van der Waals surface area contributed by atoms with Crippen LogP contribution < -0.4 is 5.32 Å². The van der Waals surface area contributed by atoms with Crippen LogP contribution in [0.5, 0.6) is 0 Å². The summed E-state index contributed by atoms with van der Waals surface area (Å²) in [5, 5.41) is 22.6. The van der Waals surface area contributed by atoms with E-state index in [1.165, 1.54) is 0 Å². The molecular formula is C20H35NO6. The lowest BCUT2D eigenvalue weighted by Crippen LogP contribution is -2.57. The molecule has 0 saturated carbocycles. The largest absolute Gasteiger partial charge is 0.462 e. The van der Waals surface area contributed by atoms with Crippen molar-refractivity contribution in [2.45, 2.75) is 25.8 Å². The minimum absolute atomic E-state index is 0.0244. The van der Waals surface area contributed by atoms with Gasteiger partial charge in [-0.3, -0.25) is 0 Å². The summed E-state index contributed by atoms with van der Waals surface area (Å²) in [7, 11) is 0. The number of nitrogens with one attached hydrogen (secondary N) is 1. The van der Waals surface area contributed by atoms with E-state index in [-0.39, 0.29) is 33.0 Å². The van der Waals surface area contributed by atoms with Crippen molar-refractivity contribution >= 4 is 5.97 Å². The highest BCUT2D eigenvalue weighted by atomic mass is 16.5. The Hall–Kier alpha value is -1.51. The summed E-state index contributed by atoms with van der Waals surface area (Å²) in [4.78, 5) is 11.9. The maximum atomic E-state index is 11.9. The standard InChI is InChI=1S/C20H35NO6/c1-6-9-25-14-19(15-26-10-7-2,16-27-18(24)17(4)5)11-21-20(8-3,12-22)13-23/h6-7,21-23H,1-2,4,8-16H2,3,5H3. The molecule has 156 valence electrons. The number of ether oxygens (including phenoxy) is 3. The maximum Gasteiger partial charge on any atom is 0.333 e. The smallest absolute Gasteiger partial charge is 0.333 e. The van der Waals surface area contributed by atoms with Crippen LogP contribution in [0.4, 0.5) is 0 Å². The van der Waals surface area contributed by atoms with Crippen molar-refractivity contribution in [1.29, 1.82) is 0 Å². The zero-order valence-corrected chi connectivity index (χ0v) is 16.7. The molecule has 0 aliphatic rings. The number of aliphatic hydroxyl groups is 2. The summed E-state index contributed by atoms with van der Waals surface area (Å²) in [5.74, 6) is -0.502. The van der Waals surface area contributed by atoms with Gasteiger partial charge in [0.2, 0.25) is 0 Å². The highest BCUT2D eigenvalue weighted by Crippen LogP contribution is 2.22. The van der Waals surface area contributed by atoms with Crippen molar-refractivity contribution in [3.63, 3.8) is 0 Å². The summed E-state index contributed by atoms with van der Waals surface area (Å²) in [5.41, 5.74) is -1.29. The number of carbonyl (C=O) groups is 1. The molecule has 27 heavy (non-hydrogen) atoms. The molecule has 0 aliphatic carbocycles. The summed E-state index contributed by atoms with van der Waals surface area (Å²) in [6.45, 7) is 15.2. The van der Waals surface area contributed by atoms with Gasteiger partial charge >= 0.3 is 5.97 Å². The number of carbonyl (C=O) groups excluding carboxylic acids is 1. The lowest BCUT2D eigenvalue weighted by atomic mass is 9.88. The molecule has 0 unspecified atom stereocenters. The van der Waals surface area contributed by atoms with E-state index in [9.17, 15) is 15.0 Å². The SMILES string of the molecule is C=CCOCC(CNC(CC)(CO)CO)(COCC=C)COC(=O)C(=C)C. The Morgan fingerprint density at radius 3 is 1.96 bits per heavy atom. The Balaban J connectivity index is 5.42. The molecular weight excluding hydrogens is 350 g/mol. The molecule has 0 aliphatic heterocycles. The summed E-state index contributed by atoms with van der Waals surface area (Å²) >= 11 is 0. The molecule has 0 spiro atoms. The van der Waals surface area contributed by atoms with Gasteiger partial charge in [-0.15, -0.1) is 13.2 Å². The topological polar surface area (TPSA) is 97.2 Å². The Morgan fingerprint density at radius 2 is 1.59 bits per heavy atom. The normalized spacial score (nSPS) is 11.9. The second-order valence-electron chi connectivity index (χ2n) is 6.77. The number of aliphatic hydroxyl groups excluding tert-OH is 2.